The average molecular weight is 392 g/mol. The summed E-state index contributed by atoms with van der Waals surface area (Å²) >= 11 is 10.2. The summed E-state index contributed by atoms with van der Waals surface area (Å²) in [5.41, 5.74) is 11.6. The Morgan fingerprint density at radius 2 is 1.91 bits per heavy atom. The van der Waals surface area contributed by atoms with Crippen molar-refractivity contribution in [2.24, 2.45) is 5.73 Å². The van der Waals surface area contributed by atoms with Gasteiger partial charge in [-0.05, 0) is 56.0 Å². The Labute approximate surface area is 150 Å². The van der Waals surface area contributed by atoms with Crippen molar-refractivity contribution in [2.45, 2.75) is 26.2 Å². The number of halogens is 2. The maximum atomic E-state index is 6.53. The van der Waals surface area contributed by atoms with Crippen LogP contribution >= 0.6 is 27.5 Å². The Bertz CT molecular complexity index is 839. The van der Waals surface area contributed by atoms with Crippen molar-refractivity contribution in [3.05, 3.63) is 57.0 Å². The van der Waals surface area contributed by atoms with Crippen LogP contribution in [-0.4, -0.2) is 11.5 Å². The number of fused-ring (bicyclic) bond motifs is 1. The molecule has 3 aromatic rings. The van der Waals surface area contributed by atoms with Gasteiger partial charge in [-0.25, -0.2) is 0 Å². The summed E-state index contributed by atoms with van der Waals surface area (Å²) in [5, 5.41) is 1.96. The highest BCUT2D eigenvalue weighted by Crippen LogP contribution is 2.39. The van der Waals surface area contributed by atoms with Crippen LogP contribution in [0.1, 0.15) is 24.0 Å². The number of benzene rings is 2. The fourth-order valence-electron chi connectivity index (χ4n) is 3.05. The van der Waals surface area contributed by atoms with Gasteiger partial charge in [0.25, 0.3) is 0 Å². The topological polar surface area (TPSA) is 41.8 Å². The normalized spacial score (nSPS) is 11.3. The minimum Gasteiger partial charge on any atom is -0.354 e. The largest absolute Gasteiger partial charge is 0.354 e. The molecule has 0 radical (unpaired) electrons. The molecule has 1 aromatic heterocycles. The second kappa shape index (κ2) is 7.08. The van der Waals surface area contributed by atoms with Crippen LogP contribution < -0.4 is 5.73 Å². The zero-order valence-electron chi connectivity index (χ0n) is 13.1. The number of aryl methyl sites for hydroxylation is 2. The van der Waals surface area contributed by atoms with Gasteiger partial charge < -0.3 is 10.7 Å². The fraction of sp³-hybridized carbons (Fsp3) is 0.263. The molecule has 0 bridgehead atoms. The molecule has 0 aliphatic heterocycles. The summed E-state index contributed by atoms with van der Waals surface area (Å²) in [7, 11) is 0. The van der Waals surface area contributed by atoms with E-state index in [2.05, 4.69) is 52.1 Å². The monoisotopic (exact) mass is 390 g/mol. The van der Waals surface area contributed by atoms with Crippen molar-refractivity contribution in [2.75, 3.05) is 6.54 Å². The minimum atomic E-state index is 0.722. The molecule has 4 heteroatoms. The van der Waals surface area contributed by atoms with Crippen LogP contribution in [0.5, 0.6) is 0 Å². The number of hydrogen-bond acceptors (Lipinski definition) is 1. The van der Waals surface area contributed by atoms with E-state index in [1.807, 2.05) is 12.1 Å². The van der Waals surface area contributed by atoms with E-state index in [0.29, 0.717) is 0 Å². The Morgan fingerprint density at radius 3 is 2.65 bits per heavy atom. The third-order valence-corrected chi connectivity index (χ3v) is 5.25. The second-order valence-electron chi connectivity index (χ2n) is 5.82. The molecule has 0 unspecified atom stereocenters. The van der Waals surface area contributed by atoms with Crippen LogP contribution in [0, 0.1) is 6.92 Å². The number of H-pyrrole nitrogens is 1. The average Bonchev–Trinajstić information content (AvgIpc) is 2.92. The number of aromatic nitrogens is 1. The first-order chi connectivity index (χ1) is 11.1. The Hall–Kier alpha value is -1.29. The zero-order valence-corrected chi connectivity index (χ0v) is 15.5. The smallest absolute Gasteiger partial charge is 0.0509 e. The molecule has 0 amide bonds. The molecule has 0 aliphatic rings. The maximum Gasteiger partial charge on any atom is 0.0509 e. The van der Waals surface area contributed by atoms with Crippen LogP contribution in [0.15, 0.2) is 40.9 Å². The lowest BCUT2D eigenvalue weighted by molar-refractivity contribution is 0.748. The van der Waals surface area contributed by atoms with Gasteiger partial charge in [0.2, 0.25) is 0 Å². The van der Waals surface area contributed by atoms with E-state index in [9.17, 15) is 0 Å². The lowest BCUT2D eigenvalue weighted by Crippen LogP contribution is -1.99. The summed E-state index contributed by atoms with van der Waals surface area (Å²) in [6.07, 6.45) is 3.05. The van der Waals surface area contributed by atoms with Gasteiger partial charge in [0, 0.05) is 15.4 Å². The Kier molecular flexibility index (Phi) is 5.10. The summed E-state index contributed by atoms with van der Waals surface area (Å²) in [6.45, 7) is 2.84. The van der Waals surface area contributed by atoms with Crippen LogP contribution in [0.25, 0.3) is 22.2 Å². The van der Waals surface area contributed by atoms with E-state index in [1.54, 1.807) is 0 Å². The van der Waals surface area contributed by atoms with Crippen molar-refractivity contribution >= 4 is 38.4 Å². The summed E-state index contributed by atoms with van der Waals surface area (Å²) in [5.74, 6) is 0. The van der Waals surface area contributed by atoms with E-state index >= 15 is 0 Å². The molecule has 0 aliphatic carbocycles. The predicted molar refractivity (Wildman–Crippen MR) is 103 cm³/mol. The second-order valence-corrected chi connectivity index (χ2v) is 7.08. The molecule has 1 heterocycles. The first-order valence-corrected chi connectivity index (χ1v) is 9.05. The van der Waals surface area contributed by atoms with Gasteiger partial charge in [-0.15, -0.1) is 0 Å². The van der Waals surface area contributed by atoms with Crippen LogP contribution in [-0.2, 0) is 6.42 Å². The number of nitrogens with two attached hydrogens (primary N) is 1. The molecule has 2 nitrogen and oxygen atoms in total. The highest BCUT2D eigenvalue weighted by Gasteiger charge is 2.18. The molecule has 0 atom stereocenters. The standard InChI is InChI=1S/C19H20BrClN2/c1-12-9-10-16(21)17-14(7-4-5-11-22)19(23-18(12)17)13-6-2-3-8-15(13)20/h2-3,6,8-10,23H,4-5,7,11,22H2,1H3. The molecule has 3 N–H and O–H groups in total. The lowest BCUT2D eigenvalue weighted by Gasteiger charge is -2.07. The summed E-state index contributed by atoms with van der Waals surface area (Å²) < 4.78 is 1.08. The number of unbranched alkanes of at least 4 members (excludes halogenated alkanes) is 1. The SMILES string of the molecule is Cc1ccc(Cl)c2c(CCCCN)c(-c3ccccc3Br)[nH]c12. The number of rotatable bonds is 5. The van der Waals surface area contributed by atoms with Crippen LogP contribution in [0.2, 0.25) is 5.02 Å². The van der Waals surface area contributed by atoms with Crippen molar-refractivity contribution < 1.29 is 0 Å². The van der Waals surface area contributed by atoms with Crippen molar-refractivity contribution in [1.29, 1.82) is 0 Å². The quantitative estimate of drug-likeness (QED) is 0.527. The molecule has 0 spiro atoms. The number of aromatic amines is 1. The van der Waals surface area contributed by atoms with Gasteiger partial charge in [0.1, 0.15) is 0 Å². The van der Waals surface area contributed by atoms with Crippen molar-refractivity contribution in [3.8, 4) is 11.3 Å². The zero-order chi connectivity index (χ0) is 16.4. The van der Waals surface area contributed by atoms with Crippen LogP contribution in [0.3, 0.4) is 0 Å². The van der Waals surface area contributed by atoms with Gasteiger partial charge in [0.05, 0.1) is 16.2 Å². The molecule has 120 valence electrons. The van der Waals surface area contributed by atoms with E-state index in [1.165, 1.54) is 16.7 Å². The third kappa shape index (κ3) is 3.18. The minimum absolute atomic E-state index is 0.722. The molecular weight excluding hydrogens is 372 g/mol. The fourth-order valence-corrected chi connectivity index (χ4v) is 3.81. The maximum absolute atomic E-state index is 6.53. The van der Waals surface area contributed by atoms with Crippen molar-refractivity contribution in [3.63, 3.8) is 0 Å². The van der Waals surface area contributed by atoms with E-state index < -0.39 is 0 Å². The van der Waals surface area contributed by atoms with Gasteiger partial charge >= 0.3 is 0 Å². The number of hydrogen-bond donors (Lipinski definition) is 2. The molecule has 23 heavy (non-hydrogen) atoms. The Balaban J connectivity index is 2.24. The van der Waals surface area contributed by atoms with Crippen molar-refractivity contribution in [1.82, 2.24) is 4.98 Å². The molecular formula is C19H20BrClN2. The Morgan fingerprint density at radius 1 is 1.13 bits per heavy atom. The van der Waals surface area contributed by atoms with Gasteiger partial charge in [-0.3, -0.25) is 0 Å². The van der Waals surface area contributed by atoms with E-state index in [4.69, 9.17) is 17.3 Å². The molecule has 3 rings (SSSR count). The summed E-state index contributed by atoms with van der Waals surface area (Å²) in [4.78, 5) is 3.61. The van der Waals surface area contributed by atoms with Gasteiger partial charge in [-0.1, -0.05) is 51.8 Å². The predicted octanol–water partition coefficient (Wildman–Crippen LogP) is 5.84. The molecule has 0 saturated heterocycles. The van der Waals surface area contributed by atoms with Gasteiger partial charge in [0.15, 0.2) is 0 Å². The van der Waals surface area contributed by atoms with E-state index in [0.717, 1.165) is 51.9 Å². The lowest BCUT2D eigenvalue weighted by atomic mass is 9.99. The molecule has 0 fully saturated rings. The first kappa shape index (κ1) is 16.6. The first-order valence-electron chi connectivity index (χ1n) is 7.88. The highest BCUT2D eigenvalue weighted by molar-refractivity contribution is 9.10. The molecule has 2 aromatic carbocycles. The highest BCUT2D eigenvalue weighted by atomic mass is 79.9. The van der Waals surface area contributed by atoms with Gasteiger partial charge in [-0.2, -0.15) is 0 Å². The summed E-state index contributed by atoms with van der Waals surface area (Å²) in [6, 6.07) is 12.3. The number of nitrogens with one attached hydrogen (secondary N) is 1. The van der Waals surface area contributed by atoms with Crippen LogP contribution in [0.4, 0.5) is 0 Å². The molecule has 0 saturated carbocycles. The third-order valence-electron chi connectivity index (χ3n) is 4.24. The van der Waals surface area contributed by atoms with E-state index in [-0.39, 0.29) is 0 Å².